The summed E-state index contributed by atoms with van der Waals surface area (Å²) in [5, 5.41) is 20.6. The minimum atomic E-state index is -0.902. The minimum Gasteiger partial charge on any atom is -0.494 e. The molecule has 0 saturated heterocycles. The number of rotatable bonds is 21. The van der Waals surface area contributed by atoms with Crippen LogP contribution in [0, 0.1) is 10.1 Å². The van der Waals surface area contributed by atoms with Crippen LogP contribution in [0.15, 0.2) is 78.9 Å². The fraction of sp³-hybridized carbons (Fsp3) is 0.389. The molecule has 0 aromatic heterocycles. The molecule has 3 aromatic rings. The van der Waals surface area contributed by atoms with E-state index >= 15 is 0 Å². The summed E-state index contributed by atoms with van der Waals surface area (Å²) in [5.41, 5.74) is 1.65. The van der Waals surface area contributed by atoms with Gasteiger partial charge in [0.25, 0.3) is 0 Å². The van der Waals surface area contributed by atoms with Crippen LogP contribution in [0.2, 0.25) is 0 Å². The van der Waals surface area contributed by atoms with Gasteiger partial charge in [-0.05, 0) is 79.3 Å². The van der Waals surface area contributed by atoms with Crippen molar-refractivity contribution in [2.45, 2.75) is 77.6 Å². The third-order valence-corrected chi connectivity index (χ3v) is 7.30. The zero-order chi connectivity index (χ0) is 32.4. The topological polar surface area (TPSA) is 125 Å². The monoisotopic (exact) mass is 617 g/mol. The predicted octanol–water partition coefficient (Wildman–Crippen LogP) is 9.19. The number of hydrogen-bond donors (Lipinski definition) is 1. The van der Waals surface area contributed by atoms with Crippen molar-refractivity contribution in [3.05, 3.63) is 94.6 Å². The Morgan fingerprint density at radius 1 is 0.756 bits per heavy atom. The predicted molar refractivity (Wildman–Crippen MR) is 174 cm³/mol. The molecular weight excluding hydrogens is 574 g/mol. The lowest BCUT2D eigenvalue weighted by molar-refractivity contribution is -0.385. The highest BCUT2D eigenvalue weighted by atomic mass is 16.6. The Morgan fingerprint density at radius 2 is 1.29 bits per heavy atom. The number of benzene rings is 3. The molecule has 0 radical (unpaired) electrons. The maximum atomic E-state index is 12.8. The number of ether oxygens (including phenoxy) is 3. The Kier molecular flexibility index (Phi) is 14.6. The van der Waals surface area contributed by atoms with E-state index in [9.17, 15) is 19.7 Å². The number of hydrogen-bond acceptors (Lipinski definition) is 7. The van der Waals surface area contributed by atoms with E-state index < -0.39 is 16.9 Å². The molecule has 0 unspecified atom stereocenters. The molecule has 1 N–H and O–H groups in total. The van der Waals surface area contributed by atoms with Gasteiger partial charge in [-0.25, -0.2) is 9.59 Å². The Hall–Kier alpha value is -4.66. The normalized spacial score (nSPS) is 10.7. The maximum absolute atomic E-state index is 12.8. The Morgan fingerprint density at radius 3 is 1.87 bits per heavy atom. The third kappa shape index (κ3) is 12.1. The van der Waals surface area contributed by atoms with Crippen LogP contribution in [0.5, 0.6) is 17.2 Å². The van der Waals surface area contributed by atoms with Gasteiger partial charge in [-0.15, -0.1) is 0 Å². The number of aliphatic carboxylic acids is 1. The molecule has 0 aliphatic carbocycles. The third-order valence-electron chi connectivity index (χ3n) is 7.30. The summed E-state index contributed by atoms with van der Waals surface area (Å²) >= 11 is 0. The van der Waals surface area contributed by atoms with Gasteiger partial charge in [-0.1, -0.05) is 76.6 Å². The second-order valence-corrected chi connectivity index (χ2v) is 10.9. The molecule has 3 rings (SSSR count). The van der Waals surface area contributed by atoms with Gasteiger partial charge < -0.3 is 19.3 Å². The van der Waals surface area contributed by atoms with E-state index in [1.165, 1.54) is 25.0 Å². The number of carbonyl (C=O) groups is 2. The average molecular weight is 618 g/mol. The fourth-order valence-electron chi connectivity index (χ4n) is 4.71. The number of carboxylic acid groups (broad SMARTS) is 1. The Bertz CT molecular complexity index is 1400. The number of unbranched alkanes of at least 4 members (excludes halogenated alkanes) is 8. The summed E-state index contributed by atoms with van der Waals surface area (Å²) in [4.78, 5) is 34.7. The van der Waals surface area contributed by atoms with Crippen molar-refractivity contribution in [1.29, 1.82) is 0 Å². The van der Waals surface area contributed by atoms with Crippen molar-refractivity contribution in [1.82, 2.24) is 0 Å². The fourth-order valence-corrected chi connectivity index (χ4v) is 4.71. The highest BCUT2D eigenvalue weighted by Crippen LogP contribution is 2.33. The first-order chi connectivity index (χ1) is 21.8. The van der Waals surface area contributed by atoms with Gasteiger partial charge >= 0.3 is 17.6 Å². The SMILES string of the molecule is C=C(CCCCCCCCCCCOc1ccc(C(=O)Oc2ccc(-c3ccc(OCCC)cc3)cc2[N+](=O)[O-])cc1)C(=O)O. The molecule has 0 saturated carbocycles. The Balaban J connectivity index is 1.38. The standard InChI is InChI=1S/C36H43NO8/c1-3-24-43-31-19-14-28(15-20-31)30-18-23-34(33(26-30)37(41)42)45-36(40)29-16-21-32(22-17-29)44-25-12-10-8-6-4-5-7-9-11-13-27(2)35(38)39/h14-23,26H,2-13,24-25H2,1H3,(H,38,39). The van der Waals surface area contributed by atoms with Crippen molar-refractivity contribution in [2.24, 2.45) is 0 Å². The molecule has 0 atom stereocenters. The van der Waals surface area contributed by atoms with E-state index in [1.54, 1.807) is 30.3 Å². The van der Waals surface area contributed by atoms with E-state index in [1.807, 2.05) is 31.2 Å². The lowest BCUT2D eigenvalue weighted by Gasteiger charge is -2.09. The van der Waals surface area contributed by atoms with Crippen LogP contribution >= 0.6 is 0 Å². The lowest BCUT2D eigenvalue weighted by Crippen LogP contribution is -2.10. The minimum absolute atomic E-state index is 0.126. The number of carboxylic acids is 1. The van der Waals surface area contributed by atoms with Crippen LogP contribution in [-0.2, 0) is 4.79 Å². The second-order valence-electron chi connectivity index (χ2n) is 10.9. The van der Waals surface area contributed by atoms with Gasteiger partial charge in [0.05, 0.1) is 23.7 Å². The second kappa shape index (κ2) is 18.9. The van der Waals surface area contributed by atoms with E-state index in [2.05, 4.69) is 6.58 Å². The zero-order valence-corrected chi connectivity index (χ0v) is 26.0. The number of nitro groups is 1. The average Bonchev–Trinajstić information content (AvgIpc) is 3.04. The van der Waals surface area contributed by atoms with Gasteiger partial charge in [-0.2, -0.15) is 0 Å². The van der Waals surface area contributed by atoms with Gasteiger partial charge in [0.1, 0.15) is 11.5 Å². The first-order valence-corrected chi connectivity index (χ1v) is 15.7. The van der Waals surface area contributed by atoms with Crippen molar-refractivity contribution < 1.29 is 33.8 Å². The molecule has 3 aromatic carbocycles. The largest absolute Gasteiger partial charge is 0.494 e. The van der Waals surface area contributed by atoms with Crippen LogP contribution in [0.25, 0.3) is 11.1 Å². The van der Waals surface area contributed by atoms with Crippen molar-refractivity contribution in [3.63, 3.8) is 0 Å². The summed E-state index contributed by atoms with van der Waals surface area (Å²) in [5.74, 6) is -0.355. The molecule has 0 aliphatic rings. The van der Waals surface area contributed by atoms with E-state index in [0.717, 1.165) is 62.7 Å². The zero-order valence-electron chi connectivity index (χ0n) is 26.0. The summed E-state index contributed by atoms with van der Waals surface area (Å²) < 4.78 is 16.8. The number of carbonyl (C=O) groups excluding carboxylic acids is 1. The summed E-state index contributed by atoms with van der Waals surface area (Å²) in [6.07, 6.45) is 11.1. The molecule has 0 fully saturated rings. The maximum Gasteiger partial charge on any atom is 0.343 e. The number of nitro benzene ring substituents is 1. The van der Waals surface area contributed by atoms with Gasteiger partial charge in [0.15, 0.2) is 0 Å². The summed E-state index contributed by atoms with van der Waals surface area (Å²) in [6.45, 7) is 6.77. The molecule has 0 heterocycles. The number of nitrogens with zero attached hydrogens (tertiary/aromatic N) is 1. The molecule has 0 spiro atoms. The molecule has 9 heteroatoms. The molecule has 0 bridgehead atoms. The van der Waals surface area contributed by atoms with Gasteiger partial charge in [0.2, 0.25) is 5.75 Å². The van der Waals surface area contributed by atoms with Crippen LogP contribution in [0.3, 0.4) is 0 Å². The van der Waals surface area contributed by atoms with Crippen molar-refractivity contribution >= 4 is 17.6 Å². The molecule has 9 nitrogen and oxygen atoms in total. The van der Waals surface area contributed by atoms with Crippen LogP contribution in [0.4, 0.5) is 5.69 Å². The van der Waals surface area contributed by atoms with Crippen LogP contribution < -0.4 is 14.2 Å². The van der Waals surface area contributed by atoms with E-state index in [0.29, 0.717) is 30.9 Å². The van der Waals surface area contributed by atoms with E-state index in [-0.39, 0.29) is 22.6 Å². The highest BCUT2D eigenvalue weighted by Gasteiger charge is 2.20. The molecule has 240 valence electrons. The van der Waals surface area contributed by atoms with Gasteiger partial charge in [0, 0.05) is 11.6 Å². The van der Waals surface area contributed by atoms with Crippen LogP contribution in [0.1, 0.15) is 87.9 Å². The van der Waals surface area contributed by atoms with Crippen molar-refractivity contribution in [3.8, 4) is 28.4 Å². The van der Waals surface area contributed by atoms with Gasteiger partial charge in [-0.3, -0.25) is 10.1 Å². The molecule has 0 amide bonds. The lowest BCUT2D eigenvalue weighted by atomic mass is 10.0. The molecule has 0 aliphatic heterocycles. The highest BCUT2D eigenvalue weighted by molar-refractivity contribution is 5.92. The first kappa shape index (κ1) is 34.8. The number of esters is 1. The van der Waals surface area contributed by atoms with E-state index in [4.69, 9.17) is 19.3 Å². The smallest absolute Gasteiger partial charge is 0.343 e. The molecule has 45 heavy (non-hydrogen) atoms. The molecular formula is C36H43NO8. The summed E-state index contributed by atoms with van der Waals surface area (Å²) in [7, 11) is 0. The van der Waals surface area contributed by atoms with Crippen LogP contribution in [-0.4, -0.2) is 35.2 Å². The van der Waals surface area contributed by atoms with Crippen molar-refractivity contribution in [2.75, 3.05) is 13.2 Å². The quantitative estimate of drug-likeness (QED) is 0.0313. The Labute approximate surface area is 265 Å². The first-order valence-electron chi connectivity index (χ1n) is 15.7. The summed E-state index contributed by atoms with van der Waals surface area (Å²) in [6, 6.07) is 18.3.